The third-order valence-electron chi connectivity index (χ3n) is 3.09. The van der Waals surface area contributed by atoms with Gasteiger partial charge in [0.25, 0.3) is 0 Å². The fourth-order valence-electron chi connectivity index (χ4n) is 2.07. The number of rotatable bonds is 10. The van der Waals surface area contributed by atoms with Crippen LogP contribution in [0.2, 0.25) is 0 Å². The highest BCUT2D eigenvalue weighted by molar-refractivity contribution is 5.83. The minimum atomic E-state index is 0.0411. The van der Waals surface area contributed by atoms with Gasteiger partial charge in [-0.25, -0.2) is 0 Å². The second-order valence-corrected chi connectivity index (χ2v) is 4.58. The molecular formula is C13H26N2O3. The van der Waals surface area contributed by atoms with Gasteiger partial charge in [0.1, 0.15) is 0 Å². The van der Waals surface area contributed by atoms with Crippen LogP contribution in [0, 0.1) is 0 Å². The summed E-state index contributed by atoms with van der Waals surface area (Å²) in [5, 5.41) is 3.29. The van der Waals surface area contributed by atoms with Crippen molar-refractivity contribution in [1.29, 1.82) is 0 Å². The van der Waals surface area contributed by atoms with E-state index in [1.807, 2.05) is 4.90 Å². The van der Waals surface area contributed by atoms with E-state index in [1.54, 1.807) is 7.11 Å². The van der Waals surface area contributed by atoms with Crippen LogP contribution in [-0.2, 0) is 14.3 Å². The van der Waals surface area contributed by atoms with Crippen molar-refractivity contribution in [2.45, 2.75) is 32.2 Å². The Hall–Kier alpha value is -0.650. The van der Waals surface area contributed by atoms with E-state index in [-0.39, 0.29) is 11.9 Å². The molecule has 1 heterocycles. The standard InChI is InChI=1S/C13H26N2O3/c1-3-6-14-12-5-8-15(13(12)16)7-4-9-18-11-10-17-2/h12,14H,3-11H2,1-2H3. The number of ether oxygens (including phenoxy) is 2. The number of hydrogen-bond acceptors (Lipinski definition) is 4. The number of amides is 1. The number of nitrogens with one attached hydrogen (secondary N) is 1. The van der Waals surface area contributed by atoms with Gasteiger partial charge in [0, 0.05) is 26.8 Å². The van der Waals surface area contributed by atoms with Gasteiger partial charge in [-0.3, -0.25) is 4.79 Å². The van der Waals surface area contributed by atoms with Gasteiger partial charge in [-0.15, -0.1) is 0 Å². The van der Waals surface area contributed by atoms with E-state index < -0.39 is 0 Å². The SMILES string of the molecule is CCCNC1CCN(CCCOCCOC)C1=O. The summed E-state index contributed by atoms with van der Waals surface area (Å²) in [5.74, 6) is 0.250. The first-order valence-corrected chi connectivity index (χ1v) is 6.88. The largest absolute Gasteiger partial charge is 0.382 e. The summed E-state index contributed by atoms with van der Waals surface area (Å²) < 4.78 is 10.3. The van der Waals surface area contributed by atoms with Gasteiger partial charge in [0.15, 0.2) is 0 Å². The predicted octanol–water partition coefficient (Wildman–Crippen LogP) is 0.640. The zero-order valence-corrected chi connectivity index (χ0v) is 11.6. The Morgan fingerprint density at radius 1 is 1.39 bits per heavy atom. The van der Waals surface area contributed by atoms with Crippen molar-refractivity contribution in [3.8, 4) is 0 Å². The molecule has 0 spiro atoms. The molecule has 5 nitrogen and oxygen atoms in total. The van der Waals surface area contributed by atoms with Crippen molar-refractivity contribution in [1.82, 2.24) is 10.2 Å². The van der Waals surface area contributed by atoms with E-state index in [0.717, 1.165) is 38.9 Å². The van der Waals surface area contributed by atoms with E-state index in [9.17, 15) is 4.79 Å². The summed E-state index contributed by atoms with van der Waals surface area (Å²) in [6, 6.07) is 0.0411. The van der Waals surface area contributed by atoms with Gasteiger partial charge in [-0.05, 0) is 25.8 Å². The highest BCUT2D eigenvalue weighted by atomic mass is 16.5. The molecule has 18 heavy (non-hydrogen) atoms. The molecule has 1 unspecified atom stereocenters. The molecule has 1 atom stereocenters. The Bertz CT molecular complexity index is 236. The van der Waals surface area contributed by atoms with E-state index in [0.29, 0.717) is 19.8 Å². The lowest BCUT2D eigenvalue weighted by atomic mass is 10.2. The molecule has 1 rings (SSSR count). The van der Waals surface area contributed by atoms with Crippen molar-refractivity contribution in [3.05, 3.63) is 0 Å². The van der Waals surface area contributed by atoms with Gasteiger partial charge >= 0.3 is 0 Å². The Kier molecular flexibility index (Phi) is 7.96. The molecule has 1 saturated heterocycles. The maximum absolute atomic E-state index is 12.0. The minimum absolute atomic E-state index is 0.0411. The summed E-state index contributed by atoms with van der Waals surface area (Å²) in [7, 11) is 1.66. The van der Waals surface area contributed by atoms with Crippen molar-refractivity contribution in [2.24, 2.45) is 0 Å². The maximum atomic E-state index is 12.0. The predicted molar refractivity (Wildman–Crippen MR) is 70.6 cm³/mol. The van der Waals surface area contributed by atoms with Crippen molar-refractivity contribution < 1.29 is 14.3 Å². The van der Waals surface area contributed by atoms with E-state index >= 15 is 0 Å². The molecule has 0 radical (unpaired) electrons. The van der Waals surface area contributed by atoms with Gasteiger partial charge in [-0.2, -0.15) is 0 Å². The van der Waals surface area contributed by atoms with Crippen molar-refractivity contribution in [3.63, 3.8) is 0 Å². The Morgan fingerprint density at radius 3 is 2.94 bits per heavy atom. The smallest absolute Gasteiger partial charge is 0.239 e. The molecule has 0 aromatic carbocycles. The lowest BCUT2D eigenvalue weighted by Gasteiger charge is -2.17. The highest BCUT2D eigenvalue weighted by Gasteiger charge is 2.30. The number of carbonyl (C=O) groups is 1. The lowest BCUT2D eigenvalue weighted by Crippen LogP contribution is -2.39. The number of likely N-dealkylation sites (tertiary alicyclic amines) is 1. The normalized spacial score (nSPS) is 19.8. The number of hydrogen-bond donors (Lipinski definition) is 1. The van der Waals surface area contributed by atoms with Crippen LogP contribution in [0.5, 0.6) is 0 Å². The summed E-state index contributed by atoms with van der Waals surface area (Å²) >= 11 is 0. The second-order valence-electron chi connectivity index (χ2n) is 4.58. The van der Waals surface area contributed by atoms with Crippen molar-refractivity contribution >= 4 is 5.91 Å². The Morgan fingerprint density at radius 2 is 2.22 bits per heavy atom. The van der Waals surface area contributed by atoms with Gasteiger partial charge in [-0.1, -0.05) is 6.92 Å². The van der Waals surface area contributed by atoms with E-state index in [1.165, 1.54) is 0 Å². The average Bonchev–Trinajstić information content (AvgIpc) is 2.72. The van der Waals surface area contributed by atoms with Crippen LogP contribution in [0.25, 0.3) is 0 Å². The summed E-state index contributed by atoms with van der Waals surface area (Å²) in [4.78, 5) is 13.9. The number of carbonyl (C=O) groups excluding carboxylic acids is 1. The molecule has 0 saturated carbocycles. The fraction of sp³-hybridized carbons (Fsp3) is 0.923. The first kappa shape index (κ1) is 15.4. The zero-order valence-electron chi connectivity index (χ0n) is 11.6. The monoisotopic (exact) mass is 258 g/mol. The van der Waals surface area contributed by atoms with Crippen molar-refractivity contribution in [2.75, 3.05) is 46.6 Å². The zero-order chi connectivity index (χ0) is 13.2. The number of nitrogens with zero attached hydrogens (tertiary/aromatic N) is 1. The van der Waals surface area contributed by atoms with Gasteiger partial charge < -0.3 is 19.7 Å². The van der Waals surface area contributed by atoms with Crippen LogP contribution >= 0.6 is 0 Å². The molecule has 1 fully saturated rings. The summed E-state index contributed by atoms with van der Waals surface area (Å²) in [6.07, 6.45) is 2.90. The maximum Gasteiger partial charge on any atom is 0.239 e. The van der Waals surface area contributed by atoms with Crippen LogP contribution in [0.15, 0.2) is 0 Å². The molecular weight excluding hydrogens is 232 g/mol. The minimum Gasteiger partial charge on any atom is -0.382 e. The Labute approximate surface area is 110 Å². The molecule has 106 valence electrons. The molecule has 5 heteroatoms. The Balaban J connectivity index is 2.07. The molecule has 0 aromatic rings. The summed E-state index contributed by atoms with van der Waals surface area (Å²) in [5.41, 5.74) is 0. The first-order valence-electron chi connectivity index (χ1n) is 6.88. The average molecular weight is 258 g/mol. The quantitative estimate of drug-likeness (QED) is 0.584. The van der Waals surface area contributed by atoms with Crippen LogP contribution in [0.1, 0.15) is 26.2 Å². The topological polar surface area (TPSA) is 50.8 Å². The number of methoxy groups -OCH3 is 1. The molecule has 1 N–H and O–H groups in total. The first-order chi connectivity index (χ1) is 8.79. The van der Waals surface area contributed by atoms with Crippen LogP contribution < -0.4 is 5.32 Å². The fourth-order valence-corrected chi connectivity index (χ4v) is 2.07. The third kappa shape index (κ3) is 5.33. The molecule has 0 aliphatic carbocycles. The van der Waals surface area contributed by atoms with E-state index in [2.05, 4.69) is 12.2 Å². The second kappa shape index (κ2) is 9.30. The van der Waals surface area contributed by atoms with Crippen LogP contribution in [0.4, 0.5) is 0 Å². The van der Waals surface area contributed by atoms with Gasteiger partial charge in [0.05, 0.1) is 19.3 Å². The molecule has 0 aromatic heterocycles. The highest BCUT2D eigenvalue weighted by Crippen LogP contribution is 2.11. The molecule has 0 bridgehead atoms. The van der Waals surface area contributed by atoms with Crippen LogP contribution in [-0.4, -0.2) is 63.4 Å². The van der Waals surface area contributed by atoms with E-state index in [4.69, 9.17) is 9.47 Å². The lowest BCUT2D eigenvalue weighted by molar-refractivity contribution is -0.129. The van der Waals surface area contributed by atoms with Gasteiger partial charge in [0.2, 0.25) is 5.91 Å². The molecule has 1 aliphatic heterocycles. The molecule has 1 amide bonds. The molecule has 1 aliphatic rings. The van der Waals surface area contributed by atoms with Crippen LogP contribution in [0.3, 0.4) is 0 Å². The summed E-state index contributed by atoms with van der Waals surface area (Å²) in [6.45, 7) is 6.66. The third-order valence-corrected chi connectivity index (χ3v) is 3.09.